The molecule has 1 aromatic heterocycles. The molecule has 28 heavy (non-hydrogen) atoms. The molecule has 0 saturated heterocycles. The normalized spacial score (nSPS) is 11.7. The Morgan fingerprint density at radius 1 is 1.14 bits per heavy atom. The van der Waals surface area contributed by atoms with Gasteiger partial charge in [-0.3, -0.25) is 9.59 Å². The number of benzene rings is 2. The molecule has 0 radical (unpaired) electrons. The van der Waals surface area contributed by atoms with Gasteiger partial charge in [-0.15, -0.1) is 0 Å². The number of aromatic amines is 1. The number of aromatic nitrogens is 1. The van der Waals surface area contributed by atoms with Crippen molar-refractivity contribution in [3.05, 3.63) is 69.5 Å². The Balaban J connectivity index is 1.78. The maximum Gasteiger partial charge on any atom is 0.248 e. The molecule has 9 heteroatoms. The lowest BCUT2D eigenvalue weighted by atomic mass is 10.2. The molecule has 2 N–H and O–H groups in total. The Morgan fingerprint density at radius 2 is 1.89 bits per heavy atom. The molecule has 7 nitrogen and oxygen atoms in total. The van der Waals surface area contributed by atoms with Crippen molar-refractivity contribution in [2.75, 3.05) is 18.9 Å². The molecule has 0 atom stereocenters. The quantitative estimate of drug-likeness (QED) is 0.664. The van der Waals surface area contributed by atoms with Crippen LogP contribution in [0.2, 0.25) is 5.02 Å². The van der Waals surface area contributed by atoms with Crippen molar-refractivity contribution in [2.45, 2.75) is 11.8 Å². The number of anilines is 1. The SMILES string of the molecule is Cc1cc(Cl)ccc1NC(=O)CN(C)S(=O)(=O)c1ccc2[nH]c(=O)ccc2c1. The van der Waals surface area contributed by atoms with Crippen LogP contribution >= 0.6 is 11.6 Å². The number of hydrogen-bond acceptors (Lipinski definition) is 4. The summed E-state index contributed by atoms with van der Waals surface area (Å²) in [6.45, 7) is 1.44. The number of pyridine rings is 1. The molecule has 0 bridgehead atoms. The molecule has 0 aliphatic carbocycles. The number of amides is 1. The van der Waals surface area contributed by atoms with Crippen LogP contribution in [-0.2, 0) is 14.8 Å². The molecular formula is C19H18ClN3O4S. The minimum atomic E-state index is -3.89. The van der Waals surface area contributed by atoms with Crippen molar-refractivity contribution in [3.8, 4) is 0 Å². The smallest absolute Gasteiger partial charge is 0.248 e. The number of aryl methyl sites for hydroxylation is 1. The first-order valence-electron chi connectivity index (χ1n) is 8.32. The number of sulfonamides is 1. The van der Waals surface area contributed by atoms with Crippen LogP contribution in [0.1, 0.15) is 5.56 Å². The zero-order valence-electron chi connectivity index (χ0n) is 15.2. The lowest BCUT2D eigenvalue weighted by Crippen LogP contribution is -2.35. The molecular weight excluding hydrogens is 402 g/mol. The van der Waals surface area contributed by atoms with Gasteiger partial charge in [0.2, 0.25) is 21.5 Å². The summed E-state index contributed by atoms with van der Waals surface area (Å²) >= 11 is 5.90. The van der Waals surface area contributed by atoms with Crippen molar-refractivity contribution in [1.82, 2.24) is 9.29 Å². The van der Waals surface area contributed by atoms with Crippen LogP contribution in [0, 0.1) is 6.92 Å². The van der Waals surface area contributed by atoms with E-state index >= 15 is 0 Å². The third-order valence-electron chi connectivity index (χ3n) is 4.23. The number of rotatable bonds is 5. The monoisotopic (exact) mass is 419 g/mol. The van der Waals surface area contributed by atoms with Crippen molar-refractivity contribution in [2.24, 2.45) is 0 Å². The second-order valence-electron chi connectivity index (χ2n) is 6.34. The summed E-state index contributed by atoms with van der Waals surface area (Å²) in [5.41, 5.74) is 1.60. The number of carbonyl (C=O) groups excluding carboxylic acids is 1. The summed E-state index contributed by atoms with van der Waals surface area (Å²) < 4.78 is 26.6. The van der Waals surface area contributed by atoms with Gasteiger partial charge in [-0.05, 0) is 60.3 Å². The van der Waals surface area contributed by atoms with E-state index in [4.69, 9.17) is 11.6 Å². The first-order valence-corrected chi connectivity index (χ1v) is 10.1. The molecule has 0 unspecified atom stereocenters. The lowest BCUT2D eigenvalue weighted by molar-refractivity contribution is -0.116. The van der Waals surface area contributed by atoms with Crippen molar-refractivity contribution < 1.29 is 13.2 Å². The van der Waals surface area contributed by atoms with Crippen molar-refractivity contribution in [1.29, 1.82) is 0 Å². The van der Waals surface area contributed by atoms with Gasteiger partial charge >= 0.3 is 0 Å². The predicted molar refractivity (Wildman–Crippen MR) is 109 cm³/mol. The molecule has 0 spiro atoms. The highest BCUT2D eigenvalue weighted by atomic mass is 35.5. The third kappa shape index (κ3) is 4.24. The van der Waals surface area contributed by atoms with Crippen LogP contribution in [0.3, 0.4) is 0 Å². The van der Waals surface area contributed by atoms with Crippen LogP contribution in [0.4, 0.5) is 5.69 Å². The van der Waals surface area contributed by atoms with E-state index in [0.29, 0.717) is 21.6 Å². The lowest BCUT2D eigenvalue weighted by Gasteiger charge is -2.17. The Bertz CT molecular complexity index is 1220. The first kappa shape index (κ1) is 20.1. The molecule has 0 aliphatic rings. The van der Waals surface area contributed by atoms with Crippen LogP contribution in [0.25, 0.3) is 10.9 Å². The van der Waals surface area contributed by atoms with E-state index in [1.54, 1.807) is 31.2 Å². The largest absolute Gasteiger partial charge is 0.325 e. The third-order valence-corrected chi connectivity index (χ3v) is 6.27. The van der Waals surface area contributed by atoms with Crippen LogP contribution < -0.4 is 10.9 Å². The standard InChI is InChI=1S/C19H18ClN3O4S/c1-12-9-14(20)4-6-16(12)21-19(25)11-23(2)28(26,27)15-5-7-17-13(10-15)3-8-18(24)22-17/h3-10H,11H2,1-2H3,(H,21,25)(H,22,24). The van der Waals surface area contributed by atoms with Gasteiger partial charge in [-0.2, -0.15) is 4.31 Å². The zero-order chi connectivity index (χ0) is 20.5. The highest BCUT2D eigenvalue weighted by Crippen LogP contribution is 2.21. The summed E-state index contributed by atoms with van der Waals surface area (Å²) in [6, 6.07) is 12.3. The highest BCUT2D eigenvalue weighted by molar-refractivity contribution is 7.89. The molecule has 1 heterocycles. The van der Waals surface area contributed by atoms with Crippen LogP contribution in [-0.4, -0.2) is 37.2 Å². The van der Waals surface area contributed by atoms with Gasteiger partial charge in [-0.1, -0.05) is 11.6 Å². The van der Waals surface area contributed by atoms with E-state index in [9.17, 15) is 18.0 Å². The molecule has 3 rings (SSSR count). The predicted octanol–water partition coefficient (Wildman–Crippen LogP) is 2.75. The van der Waals surface area contributed by atoms with Gasteiger partial charge in [0.15, 0.2) is 0 Å². The van der Waals surface area contributed by atoms with Gasteiger partial charge in [0.25, 0.3) is 0 Å². The van der Waals surface area contributed by atoms with Gasteiger partial charge in [0.1, 0.15) is 0 Å². The summed E-state index contributed by atoms with van der Waals surface area (Å²) in [6.07, 6.45) is 0. The molecule has 146 valence electrons. The van der Waals surface area contributed by atoms with Gasteiger partial charge < -0.3 is 10.3 Å². The number of H-pyrrole nitrogens is 1. The number of fused-ring (bicyclic) bond motifs is 1. The fourth-order valence-electron chi connectivity index (χ4n) is 2.72. The molecule has 2 aromatic carbocycles. The number of halogens is 1. The maximum absolute atomic E-state index is 12.8. The number of carbonyl (C=O) groups is 1. The second-order valence-corrected chi connectivity index (χ2v) is 8.82. The van der Waals surface area contributed by atoms with E-state index in [1.165, 1.54) is 31.3 Å². The van der Waals surface area contributed by atoms with Crippen LogP contribution in [0.5, 0.6) is 0 Å². The van der Waals surface area contributed by atoms with Crippen molar-refractivity contribution >= 4 is 44.1 Å². The molecule has 0 fully saturated rings. The van der Waals surface area contributed by atoms with E-state index < -0.39 is 15.9 Å². The van der Waals surface area contributed by atoms with E-state index in [-0.39, 0.29) is 17.0 Å². The average molecular weight is 420 g/mol. The molecule has 0 aliphatic heterocycles. The number of hydrogen-bond donors (Lipinski definition) is 2. The number of likely N-dealkylation sites (N-methyl/N-ethyl adjacent to an activating group) is 1. The minimum absolute atomic E-state index is 0.0324. The average Bonchev–Trinajstić information content (AvgIpc) is 2.63. The second kappa shape index (κ2) is 7.75. The van der Waals surface area contributed by atoms with Gasteiger partial charge in [-0.25, -0.2) is 8.42 Å². The van der Waals surface area contributed by atoms with Crippen molar-refractivity contribution in [3.63, 3.8) is 0 Å². The fourth-order valence-corrected chi connectivity index (χ4v) is 4.11. The molecule has 0 saturated carbocycles. The summed E-state index contributed by atoms with van der Waals surface area (Å²) in [5.74, 6) is -0.471. The molecule has 3 aromatic rings. The highest BCUT2D eigenvalue weighted by Gasteiger charge is 2.23. The van der Waals surface area contributed by atoms with E-state index in [2.05, 4.69) is 10.3 Å². The molecule has 1 amide bonds. The minimum Gasteiger partial charge on any atom is -0.325 e. The summed E-state index contributed by atoms with van der Waals surface area (Å²) in [5, 5.41) is 3.81. The first-order chi connectivity index (χ1) is 13.2. The Kier molecular flexibility index (Phi) is 5.55. The zero-order valence-corrected chi connectivity index (χ0v) is 16.8. The van der Waals surface area contributed by atoms with E-state index in [0.717, 1.165) is 9.87 Å². The Hall–Kier alpha value is -2.68. The summed E-state index contributed by atoms with van der Waals surface area (Å²) in [7, 11) is -2.55. The number of nitrogens with one attached hydrogen (secondary N) is 2. The number of nitrogens with zero attached hydrogens (tertiary/aromatic N) is 1. The maximum atomic E-state index is 12.8. The van der Waals surface area contributed by atoms with Crippen LogP contribution in [0.15, 0.2) is 58.2 Å². The Labute approximate surface area is 167 Å². The Morgan fingerprint density at radius 3 is 2.61 bits per heavy atom. The summed E-state index contributed by atoms with van der Waals surface area (Å²) in [4.78, 5) is 26.3. The van der Waals surface area contributed by atoms with Gasteiger partial charge in [0.05, 0.1) is 11.4 Å². The van der Waals surface area contributed by atoms with E-state index in [1.807, 2.05) is 0 Å². The van der Waals surface area contributed by atoms with Gasteiger partial charge in [0, 0.05) is 29.3 Å². The topological polar surface area (TPSA) is 99.3 Å². The fraction of sp³-hybridized carbons (Fsp3) is 0.158.